The second-order valence-corrected chi connectivity index (χ2v) is 9.56. The second-order valence-electron chi connectivity index (χ2n) is 9.56. The molecule has 42 heavy (non-hydrogen) atoms. The number of benzene rings is 5. The van der Waals surface area contributed by atoms with Crippen molar-refractivity contribution in [2.75, 3.05) is 4.90 Å². The summed E-state index contributed by atoms with van der Waals surface area (Å²) in [6, 6.07) is 42.0. The molecule has 0 saturated heterocycles. The minimum atomic E-state index is 0.731. The van der Waals surface area contributed by atoms with Gasteiger partial charge in [-0.25, -0.2) is 0 Å². The molecule has 5 aromatic rings. The summed E-state index contributed by atoms with van der Waals surface area (Å²) in [5.74, 6) is 0. The molecule has 5 rings (SSSR count). The van der Waals surface area contributed by atoms with Crippen LogP contribution < -0.4 is 4.90 Å². The quantitative estimate of drug-likeness (QED) is 0.197. The average molecular weight is 549 g/mol. The molecule has 210 valence electrons. The van der Waals surface area contributed by atoms with Crippen LogP contribution in [-0.2, 0) is 0 Å². The van der Waals surface area contributed by atoms with Gasteiger partial charge in [-0.3, -0.25) is 0 Å². The molecule has 0 saturated carbocycles. The van der Waals surface area contributed by atoms with Crippen LogP contribution in [0.25, 0.3) is 16.3 Å². The van der Waals surface area contributed by atoms with Gasteiger partial charge >= 0.3 is 0 Å². The molecule has 0 amide bonds. The number of hydrogen-bond acceptors (Lipinski definition) is 2. The fraction of sp³-hybridized carbons (Fsp3) is 0.125. The van der Waals surface area contributed by atoms with Gasteiger partial charge < -0.3 is 4.90 Å². The van der Waals surface area contributed by atoms with Gasteiger partial charge in [0.05, 0.1) is 17.3 Å². The van der Waals surface area contributed by atoms with Crippen molar-refractivity contribution in [2.45, 2.75) is 34.6 Å². The van der Waals surface area contributed by atoms with Crippen LogP contribution in [0.4, 0.5) is 17.1 Å². The number of hydrogen-bond donors (Lipinski definition) is 0. The average Bonchev–Trinajstić information content (AvgIpc) is 3.03. The van der Waals surface area contributed by atoms with Crippen molar-refractivity contribution < 1.29 is 0 Å². The number of allylic oxidation sites excluding steroid dienone is 5. The number of anilines is 3. The first-order valence-electron chi connectivity index (χ1n) is 14.4. The summed E-state index contributed by atoms with van der Waals surface area (Å²) < 4.78 is 0. The largest absolute Gasteiger partial charge is 0.310 e. The van der Waals surface area contributed by atoms with Crippen LogP contribution in [-0.4, -0.2) is 0 Å². The van der Waals surface area contributed by atoms with E-state index in [2.05, 4.69) is 128 Å². The molecule has 0 radical (unpaired) electrons. The zero-order valence-electron chi connectivity index (χ0n) is 25.4. The lowest BCUT2D eigenvalue weighted by Gasteiger charge is -2.27. The smallest absolute Gasteiger partial charge is 0.0991 e. The molecule has 2 nitrogen and oxygen atoms in total. The maximum atomic E-state index is 8.41. The van der Waals surface area contributed by atoms with Gasteiger partial charge in [-0.05, 0) is 85.3 Å². The lowest BCUT2D eigenvalue weighted by Crippen LogP contribution is -2.10. The zero-order chi connectivity index (χ0) is 30.3. The van der Waals surface area contributed by atoms with E-state index in [1.807, 2.05) is 58.0 Å². The molecular weight excluding hydrogens is 508 g/mol. The Hall–Kier alpha value is -5.13. The molecule has 0 spiro atoms. The molecule has 0 atom stereocenters. The number of fused-ring (bicyclic) bond motifs is 1. The van der Waals surface area contributed by atoms with E-state index in [9.17, 15) is 0 Å². The molecule has 0 unspecified atom stereocenters. The van der Waals surface area contributed by atoms with E-state index in [0.717, 1.165) is 33.6 Å². The van der Waals surface area contributed by atoms with Crippen LogP contribution >= 0.6 is 0 Å². The Kier molecular flexibility index (Phi) is 12.1. The Morgan fingerprint density at radius 1 is 0.738 bits per heavy atom. The highest BCUT2D eigenvalue weighted by molar-refractivity contribution is 5.99. The standard InChI is InChI=1S/C30H27N.C8H7N.C2H6/c1-4-10-24(11-5-2)26-14-8-15-28(22-26)31(27-20-18-23(3)19-21-27)30-17-9-13-25-12-6-7-16-29(25)30;1-7-3-2-4-8(5-7)6-9;1-2/h4-22H,1H2,2-3H3;2-5H,1H3;1-2H3/b11-5-,24-10+;;. The van der Waals surface area contributed by atoms with Crippen molar-refractivity contribution in [1.29, 1.82) is 5.26 Å². The van der Waals surface area contributed by atoms with Crippen molar-refractivity contribution in [3.8, 4) is 6.07 Å². The zero-order valence-corrected chi connectivity index (χ0v) is 25.4. The lowest BCUT2D eigenvalue weighted by atomic mass is 10.0. The minimum Gasteiger partial charge on any atom is -0.310 e. The van der Waals surface area contributed by atoms with Gasteiger partial charge in [0.15, 0.2) is 0 Å². The molecule has 0 aliphatic rings. The van der Waals surface area contributed by atoms with Gasteiger partial charge in [-0.2, -0.15) is 5.26 Å². The van der Waals surface area contributed by atoms with Crippen LogP contribution in [0.5, 0.6) is 0 Å². The first-order valence-corrected chi connectivity index (χ1v) is 14.4. The normalized spacial score (nSPS) is 10.6. The van der Waals surface area contributed by atoms with Crippen LogP contribution in [0.2, 0.25) is 0 Å². The SMILES string of the molecule is C=C/C=C(\C=C/C)c1cccc(N(c2ccc(C)cc2)c2cccc3ccccc23)c1.CC.Cc1cccc(C#N)c1. The molecular formula is C40H40N2. The molecule has 0 bridgehead atoms. The van der Waals surface area contributed by atoms with E-state index in [1.165, 1.54) is 22.0 Å². The minimum absolute atomic E-state index is 0.731. The number of nitriles is 1. The summed E-state index contributed by atoms with van der Waals surface area (Å²) in [6.45, 7) is 14.0. The molecule has 0 aliphatic heterocycles. The van der Waals surface area contributed by atoms with Crippen molar-refractivity contribution in [2.24, 2.45) is 0 Å². The first kappa shape index (κ1) is 31.4. The third-order valence-corrected chi connectivity index (χ3v) is 6.53. The van der Waals surface area contributed by atoms with Crippen LogP contribution in [0.3, 0.4) is 0 Å². The molecule has 0 fully saturated rings. The Morgan fingerprint density at radius 2 is 1.43 bits per heavy atom. The predicted octanol–water partition coefficient (Wildman–Crippen LogP) is 11.7. The van der Waals surface area contributed by atoms with E-state index in [4.69, 9.17) is 5.26 Å². The van der Waals surface area contributed by atoms with Gasteiger partial charge in [-0.1, -0.05) is 123 Å². The fourth-order valence-corrected chi connectivity index (χ4v) is 4.62. The molecule has 0 aliphatic carbocycles. The van der Waals surface area contributed by atoms with E-state index >= 15 is 0 Å². The highest BCUT2D eigenvalue weighted by Gasteiger charge is 2.15. The maximum Gasteiger partial charge on any atom is 0.0991 e. The van der Waals surface area contributed by atoms with Crippen LogP contribution in [0, 0.1) is 25.2 Å². The number of nitrogens with zero attached hydrogens (tertiary/aromatic N) is 2. The fourth-order valence-electron chi connectivity index (χ4n) is 4.62. The van der Waals surface area contributed by atoms with E-state index in [-0.39, 0.29) is 0 Å². The summed E-state index contributed by atoms with van der Waals surface area (Å²) in [7, 11) is 0. The Labute approximate surface area is 252 Å². The molecule has 0 heterocycles. The highest BCUT2D eigenvalue weighted by Crippen LogP contribution is 2.39. The molecule has 0 aromatic heterocycles. The maximum absolute atomic E-state index is 8.41. The van der Waals surface area contributed by atoms with Crippen molar-refractivity contribution in [3.05, 3.63) is 168 Å². The Bertz CT molecular complexity index is 1690. The van der Waals surface area contributed by atoms with Gasteiger partial charge in [0.1, 0.15) is 0 Å². The lowest BCUT2D eigenvalue weighted by molar-refractivity contribution is 1.28. The molecule has 0 N–H and O–H groups in total. The summed E-state index contributed by atoms with van der Waals surface area (Å²) >= 11 is 0. The van der Waals surface area contributed by atoms with Gasteiger partial charge in [0.25, 0.3) is 0 Å². The summed E-state index contributed by atoms with van der Waals surface area (Å²) in [6.07, 6.45) is 8.07. The highest BCUT2D eigenvalue weighted by atomic mass is 15.1. The number of aryl methyl sites for hydroxylation is 2. The Balaban J connectivity index is 0.000000373. The predicted molar refractivity (Wildman–Crippen MR) is 184 cm³/mol. The third-order valence-electron chi connectivity index (χ3n) is 6.53. The summed E-state index contributed by atoms with van der Waals surface area (Å²) in [5.41, 5.74) is 8.84. The van der Waals surface area contributed by atoms with Gasteiger partial charge in [0, 0.05) is 16.8 Å². The first-order chi connectivity index (χ1) is 20.5. The van der Waals surface area contributed by atoms with Crippen molar-refractivity contribution in [3.63, 3.8) is 0 Å². The topological polar surface area (TPSA) is 27.0 Å². The van der Waals surface area contributed by atoms with Crippen molar-refractivity contribution >= 4 is 33.4 Å². The molecule has 5 aromatic carbocycles. The molecule has 2 heteroatoms. The number of rotatable bonds is 6. The van der Waals surface area contributed by atoms with Crippen molar-refractivity contribution in [1.82, 2.24) is 0 Å². The Morgan fingerprint density at radius 3 is 2.10 bits per heavy atom. The summed E-state index contributed by atoms with van der Waals surface area (Å²) in [4.78, 5) is 2.34. The third kappa shape index (κ3) is 8.19. The second kappa shape index (κ2) is 16.2. The van der Waals surface area contributed by atoms with E-state index in [1.54, 1.807) is 6.07 Å². The van der Waals surface area contributed by atoms with Gasteiger partial charge in [0.2, 0.25) is 0 Å². The summed E-state index contributed by atoms with van der Waals surface area (Å²) in [5, 5.41) is 10.9. The van der Waals surface area contributed by atoms with E-state index in [0.29, 0.717) is 0 Å². The van der Waals surface area contributed by atoms with Gasteiger partial charge in [-0.15, -0.1) is 0 Å². The monoisotopic (exact) mass is 548 g/mol. The van der Waals surface area contributed by atoms with E-state index < -0.39 is 0 Å². The van der Waals surface area contributed by atoms with Crippen LogP contribution in [0.15, 0.2) is 146 Å². The van der Waals surface area contributed by atoms with Crippen LogP contribution in [0.1, 0.15) is 43.0 Å².